The molecule has 2 bridgehead atoms. The Morgan fingerprint density at radius 2 is 1.78 bits per heavy atom. The van der Waals surface area contributed by atoms with Gasteiger partial charge in [0.1, 0.15) is 12.0 Å². The first-order chi connectivity index (χ1) is 19.7. The van der Waals surface area contributed by atoms with Gasteiger partial charge >= 0.3 is 0 Å². The second-order valence-electron chi connectivity index (χ2n) is 12.0. The summed E-state index contributed by atoms with van der Waals surface area (Å²) >= 11 is 5.91. The Kier molecular flexibility index (Phi) is 7.72. The van der Waals surface area contributed by atoms with E-state index in [0.717, 1.165) is 31.2 Å². The van der Waals surface area contributed by atoms with Crippen LogP contribution in [0.4, 0.5) is 0 Å². The van der Waals surface area contributed by atoms with Gasteiger partial charge in [0, 0.05) is 28.8 Å². The number of hydrogen-bond donors (Lipinski definition) is 1. The van der Waals surface area contributed by atoms with Gasteiger partial charge in [0.15, 0.2) is 24.3 Å². The molecule has 8 nitrogen and oxygen atoms in total. The van der Waals surface area contributed by atoms with Gasteiger partial charge in [0.05, 0.1) is 0 Å². The number of fused-ring (bicyclic) bond motifs is 2. The number of carbonyl (C=O) groups excluding carboxylic acids is 2. The number of hydrogen-bond acceptors (Lipinski definition) is 7. The van der Waals surface area contributed by atoms with Crippen molar-refractivity contribution in [2.75, 3.05) is 6.61 Å². The summed E-state index contributed by atoms with van der Waals surface area (Å²) < 4.78 is 18.5. The minimum Gasteiger partial charge on any atom is -0.484 e. The Morgan fingerprint density at radius 3 is 2.54 bits per heavy atom. The minimum absolute atomic E-state index is 0.00826. The molecular formula is C32H36ClNO7. The number of amides is 1. The molecule has 2 aromatic rings. The third kappa shape index (κ3) is 5.44. The average Bonchev–Trinajstić information content (AvgIpc) is 3.20. The van der Waals surface area contributed by atoms with Crippen molar-refractivity contribution < 1.29 is 33.6 Å². The third-order valence-electron chi connectivity index (χ3n) is 9.27. The fourth-order valence-electron chi connectivity index (χ4n) is 6.98. The van der Waals surface area contributed by atoms with Crippen LogP contribution in [-0.2, 0) is 24.0 Å². The molecular weight excluding hydrogens is 546 g/mol. The second-order valence-corrected chi connectivity index (χ2v) is 12.4. The fraction of sp³-hybridized carbons (Fsp3) is 0.500. The van der Waals surface area contributed by atoms with Gasteiger partial charge in [-0.25, -0.2) is 9.78 Å². The maximum Gasteiger partial charge on any atom is 0.259 e. The molecule has 5 aliphatic rings. The van der Waals surface area contributed by atoms with Gasteiger partial charge in [-0.05, 0) is 86.1 Å². The van der Waals surface area contributed by atoms with Crippen LogP contribution < -0.4 is 10.1 Å². The van der Waals surface area contributed by atoms with Crippen LogP contribution in [0.5, 0.6) is 5.75 Å². The summed E-state index contributed by atoms with van der Waals surface area (Å²) in [6, 6.07) is 13.9. The van der Waals surface area contributed by atoms with Crippen molar-refractivity contribution >= 4 is 29.4 Å². The van der Waals surface area contributed by atoms with Crippen LogP contribution in [0.15, 0.2) is 54.6 Å². The highest BCUT2D eigenvalue weighted by molar-refractivity contribution is 6.30. The quantitative estimate of drug-likeness (QED) is 0.246. The molecule has 2 aromatic carbocycles. The van der Waals surface area contributed by atoms with E-state index in [2.05, 4.69) is 19.2 Å². The summed E-state index contributed by atoms with van der Waals surface area (Å²) in [5.74, 6) is 0.0330. The first-order valence-electron chi connectivity index (χ1n) is 14.4. The van der Waals surface area contributed by atoms with Gasteiger partial charge < -0.3 is 19.5 Å². The predicted molar refractivity (Wildman–Crippen MR) is 152 cm³/mol. The van der Waals surface area contributed by atoms with Crippen LogP contribution in [0.3, 0.4) is 0 Å². The number of ketones is 1. The number of allylic oxidation sites excluding steroid dienone is 1. The molecule has 4 aliphatic heterocycles. The zero-order valence-electron chi connectivity index (χ0n) is 23.5. The van der Waals surface area contributed by atoms with E-state index < -0.39 is 23.9 Å². The largest absolute Gasteiger partial charge is 0.484 e. The van der Waals surface area contributed by atoms with Crippen LogP contribution in [-0.4, -0.2) is 42.2 Å². The van der Waals surface area contributed by atoms with E-state index in [1.165, 1.54) is 6.08 Å². The Hall–Kier alpha value is -2.75. The lowest BCUT2D eigenvalue weighted by molar-refractivity contribution is -0.571. The Morgan fingerprint density at radius 1 is 1.02 bits per heavy atom. The number of rotatable bonds is 7. The summed E-state index contributed by atoms with van der Waals surface area (Å²) in [4.78, 5) is 37.5. The van der Waals surface area contributed by atoms with Crippen LogP contribution in [0, 0.1) is 23.7 Å². The normalized spacial score (nSPS) is 35.9. The molecule has 1 N–H and O–H groups in total. The number of nitrogens with one attached hydrogen (secondary N) is 1. The molecule has 1 amide bonds. The monoisotopic (exact) mass is 581 g/mol. The lowest BCUT2D eigenvalue weighted by Gasteiger charge is -2.60. The molecule has 7 rings (SSSR count). The van der Waals surface area contributed by atoms with Crippen molar-refractivity contribution in [1.29, 1.82) is 0 Å². The van der Waals surface area contributed by atoms with Crippen molar-refractivity contribution in [2.45, 2.75) is 70.4 Å². The Bertz CT molecular complexity index is 1310. The first kappa shape index (κ1) is 28.4. The van der Waals surface area contributed by atoms with Gasteiger partial charge in [-0.1, -0.05) is 43.7 Å². The summed E-state index contributed by atoms with van der Waals surface area (Å²) in [5.41, 5.74) is 0.725. The molecule has 1 aliphatic carbocycles. The molecule has 0 unspecified atom stereocenters. The summed E-state index contributed by atoms with van der Waals surface area (Å²) in [5, 5.41) is 3.65. The molecule has 5 fully saturated rings. The van der Waals surface area contributed by atoms with Crippen molar-refractivity contribution in [3.8, 4) is 5.75 Å². The molecule has 0 radical (unpaired) electrons. The number of ether oxygens (including phenoxy) is 3. The van der Waals surface area contributed by atoms with Crippen LogP contribution in [0.2, 0.25) is 5.02 Å². The number of carbonyl (C=O) groups is 2. The van der Waals surface area contributed by atoms with Crippen molar-refractivity contribution in [1.82, 2.24) is 5.32 Å². The first-order valence-corrected chi connectivity index (χ1v) is 14.7. The summed E-state index contributed by atoms with van der Waals surface area (Å²) in [6.45, 7) is 6.06. The number of benzene rings is 2. The lowest BCUT2D eigenvalue weighted by Crippen LogP contribution is -2.72. The summed E-state index contributed by atoms with van der Waals surface area (Å²) in [7, 11) is 0. The van der Waals surface area contributed by atoms with E-state index in [-0.39, 0.29) is 36.1 Å². The van der Waals surface area contributed by atoms with Gasteiger partial charge in [0.2, 0.25) is 5.79 Å². The van der Waals surface area contributed by atoms with Gasteiger partial charge in [-0.15, -0.1) is 0 Å². The van der Waals surface area contributed by atoms with Crippen molar-refractivity contribution in [3.63, 3.8) is 0 Å². The topological polar surface area (TPSA) is 92.3 Å². The van der Waals surface area contributed by atoms with Crippen molar-refractivity contribution in [2.24, 2.45) is 23.7 Å². The molecule has 9 heteroatoms. The highest BCUT2D eigenvalue weighted by atomic mass is 35.5. The van der Waals surface area contributed by atoms with E-state index in [9.17, 15) is 9.59 Å². The highest BCUT2D eigenvalue weighted by Gasteiger charge is 2.69. The minimum atomic E-state index is -0.866. The molecule has 1 saturated carbocycles. The fourth-order valence-corrected chi connectivity index (χ4v) is 7.10. The van der Waals surface area contributed by atoms with E-state index in [4.69, 9.17) is 35.6 Å². The zero-order chi connectivity index (χ0) is 28.8. The smallest absolute Gasteiger partial charge is 0.259 e. The molecule has 41 heavy (non-hydrogen) atoms. The maximum atomic E-state index is 12.9. The van der Waals surface area contributed by atoms with Crippen LogP contribution >= 0.6 is 11.6 Å². The standard InChI is InChI=1S/C32H36ClNO7/c1-19-4-14-26-20(2)29(38-30-32(26)25(19)16-17-31(3,39-30)40-41-32)34-28(36)18-37-24-12-8-22(9-13-24)27(35)15-7-21-5-10-23(33)11-6-21/h5-13,15,19-20,25-26,29-30H,4,14,16-18H2,1-3H3,(H,34,36)/b15-7+/t19-,20-,25+,26+,29+,30-,31+,32-/m1/s1. The Balaban J connectivity index is 1.06. The third-order valence-corrected chi connectivity index (χ3v) is 9.52. The van der Waals surface area contributed by atoms with E-state index in [0.29, 0.717) is 22.3 Å². The highest BCUT2D eigenvalue weighted by Crippen LogP contribution is 2.60. The van der Waals surface area contributed by atoms with Crippen molar-refractivity contribution in [3.05, 3.63) is 70.8 Å². The second kappa shape index (κ2) is 11.2. The predicted octanol–water partition coefficient (Wildman–Crippen LogP) is 5.94. The maximum absolute atomic E-state index is 12.9. The van der Waals surface area contributed by atoms with E-state index in [1.807, 2.05) is 19.1 Å². The number of halogens is 1. The van der Waals surface area contributed by atoms with E-state index >= 15 is 0 Å². The van der Waals surface area contributed by atoms with E-state index in [1.54, 1.807) is 42.5 Å². The molecule has 4 saturated heterocycles. The zero-order valence-corrected chi connectivity index (χ0v) is 24.3. The van der Waals surface area contributed by atoms with Crippen LogP contribution in [0.25, 0.3) is 6.08 Å². The molecule has 0 aromatic heterocycles. The van der Waals surface area contributed by atoms with Crippen LogP contribution in [0.1, 0.15) is 62.4 Å². The molecule has 1 spiro atoms. The SMILES string of the molecule is C[C@H]1[C@@H](NC(=O)COc2ccc(C(=O)/C=C/c3ccc(Cl)cc3)cc2)O[C@@H]2O[C@]3(C)CC[C@H]4[C@H](C)CC[C@@H]1[C@@]24OO3. The molecule has 4 heterocycles. The molecule has 218 valence electrons. The van der Waals surface area contributed by atoms with Gasteiger partial charge in [-0.2, -0.15) is 0 Å². The van der Waals surface area contributed by atoms with Gasteiger partial charge in [-0.3, -0.25) is 9.59 Å². The average molecular weight is 582 g/mol. The summed E-state index contributed by atoms with van der Waals surface area (Å²) in [6.07, 6.45) is 5.81. The van der Waals surface area contributed by atoms with Gasteiger partial charge in [0.25, 0.3) is 5.91 Å². The Labute approximate surface area is 245 Å². The molecule has 8 atom stereocenters. The lowest BCUT2D eigenvalue weighted by atomic mass is 9.58.